The van der Waals surface area contributed by atoms with Crippen molar-refractivity contribution in [1.82, 2.24) is 4.98 Å². The van der Waals surface area contributed by atoms with E-state index in [1.165, 1.54) is 46.4 Å². The van der Waals surface area contributed by atoms with Crippen molar-refractivity contribution in [3.8, 4) is 0 Å². The lowest BCUT2D eigenvalue weighted by molar-refractivity contribution is 0.672. The molecule has 1 aliphatic rings. The number of benzene rings is 2. The smallest absolute Gasteiger partial charge is 0.0726 e. The summed E-state index contributed by atoms with van der Waals surface area (Å²) in [7, 11) is 0. The van der Waals surface area contributed by atoms with Crippen LogP contribution in [0.1, 0.15) is 36.6 Å². The van der Waals surface area contributed by atoms with Gasteiger partial charge in [0.15, 0.2) is 0 Å². The summed E-state index contributed by atoms with van der Waals surface area (Å²) in [6, 6.07) is 17.1. The van der Waals surface area contributed by atoms with E-state index < -0.39 is 0 Å². The summed E-state index contributed by atoms with van der Waals surface area (Å²) in [5, 5.41) is 4.99. The number of rotatable bonds is 3. The molecule has 2 nitrogen and oxygen atoms in total. The standard InChI is InChI=1S/C21H22N2/c1-2-15-9-3-6-12-18(15)23-21-16-10-4-7-13-19(16)22-20-14-8-5-11-17(20)21/h3-4,6-7,9-10,12-13H,2,5,8,11,14H2,1H3,(H,22,23). The van der Waals surface area contributed by atoms with Gasteiger partial charge in [-0.25, -0.2) is 0 Å². The Balaban J connectivity index is 1.91. The van der Waals surface area contributed by atoms with Crippen molar-refractivity contribution in [3.05, 3.63) is 65.4 Å². The van der Waals surface area contributed by atoms with Crippen molar-refractivity contribution < 1.29 is 0 Å². The Labute approximate surface area is 137 Å². The molecule has 0 saturated carbocycles. The number of pyridine rings is 1. The van der Waals surface area contributed by atoms with Crippen LogP contribution in [0.15, 0.2) is 48.5 Å². The highest BCUT2D eigenvalue weighted by molar-refractivity contribution is 5.95. The monoisotopic (exact) mass is 302 g/mol. The molecule has 2 aromatic carbocycles. The summed E-state index contributed by atoms with van der Waals surface area (Å²) in [4.78, 5) is 4.92. The van der Waals surface area contributed by atoms with Gasteiger partial charge in [-0.3, -0.25) is 4.98 Å². The third-order valence-corrected chi connectivity index (χ3v) is 4.83. The van der Waals surface area contributed by atoms with Gasteiger partial charge in [-0.05, 0) is 55.4 Å². The molecule has 4 rings (SSSR count). The molecule has 1 aliphatic carbocycles. The summed E-state index contributed by atoms with van der Waals surface area (Å²) in [5.74, 6) is 0. The van der Waals surface area contributed by atoms with Crippen molar-refractivity contribution in [2.24, 2.45) is 0 Å². The number of hydrogen-bond donors (Lipinski definition) is 1. The lowest BCUT2D eigenvalue weighted by atomic mass is 9.92. The molecule has 0 atom stereocenters. The Hall–Kier alpha value is -2.35. The minimum Gasteiger partial charge on any atom is -0.354 e. The number of nitrogens with zero attached hydrogens (tertiary/aromatic N) is 1. The number of aromatic nitrogens is 1. The van der Waals surface area contributed by atoms with Crippen LogP contribution in [0.2, 0.25) is 0 Å². The van der Waals surface area contributed by atoms with E-state index in [0.29, 0.717) is 0 Å². The number of fused-ring (bicyclic) bond motifs is 2. The predicted octanol–water partition coefficient (Wildman–Crippen LogP) is 5.42. The van der Waals surface area contributed by atoms with E-state index >= 15 is 0 Å². The first-order chi connectivity index (χ1) is 11.4. The van der Waals surface area contributed by atoms with Crippen LogP contribution in [0.4, 0.5) is 11.4 Å². The summed E-state index contributed by atoms with van der Waals surface area (Å²) >= 11 is 0. The number of nitrogens with one attached hydrogen (secondary N) is 1. The van der Waals surface area contributed by atoms with E-state index in [1.54, 1.807) is 0 Å². The van der Waals surface area contributed by atoms with Crippen molar-refractivity contribution in [3.63, 3.8) is 0 Å². The molecule has 23 heavy (non-hydrogen) atoms. The van der Waals surface area contributed by atoms with Gasteiger partial charge in [0, 0.05) is 16.8 Å². The molecule has 1 heterocycles. The fourth-order valence-corrected chi connectivity index (χ4v) is 3.60. The fourth-order valence-electron chi connectivity index (χ4n) is 3.60. The second-order valence-electron chi connectivity index (χ2n) is 6.27. The SMILES string of the molecule is CCc1ccccc1Nc1c2c(nc3ccccc13)CCCC2. The van der Waals surface area contributed by atoms with E-state index in [9.17, 15) is 0 Å². The first kappa shape index (κ1) is 14.3. The van der Waals surface area contributed by atoms with Gasteiger partial charge < -0.3 is 5.32 Å². The maximum atomic E-state index is 4.92. The lowest BCUT2D eigenvalue weighted by Crippen LogP contribution is -2.10. The minimum atomic E-state index is 1.04. The molecule has 0 unspecified atom stereocenters. The van der Waals surface area contributed by atoms with E-state index in [0.717, 1.165) is 24.8 Å². The predicted molar refractivity (Wildman–Crippen MR) is 97.5 cm³/mol. The molecule has 1 aromatic heterocycles. The molecule has 0 amide bonds. The zero-order valence-electron chi connectivity index (χ0n) is 13.6. The van der Waals surface area contributed by atoms with Crippen molar-refractivity contribution in [1.29, 1.82) is 0 Å². The van der Waals surface area contributed by atoms with Crippen LogP contribution in [0, 0.1) is 0 Å². The van der Waals surface area contributed by atoms with E-state index in [4.69, 9.17) is 4.98 Å². The highest BCUT2D eigenvalue weighted by Crippen LogP contribution is 2.35. The molecule has 0 bridgehead atoms. The summed E-state index contributed by atoms with van der Waals surface area (Å²) in [6.07, 6.45) is 5.78. The second kappa shape index (κ2) is 6.04. The topological polar surface area (TPSA) is 24.9 Å². The molecule has 0 aliphatic heterocycles. The van der Waals surface area contributed by atoms with Crippen LogP contribution in [0.5, 0.6) is 0 Å². The Morgan fingerprint density at radius 3 is 2.65 bits per heavy atom. The molecule has 2 heteroatoms. The van der Waals surface area contributed by atoms with Crippen LogP contribution in [-0.4, -0.2) is 4.98 Å². The normalized spacial score (nSPS) is 13.8. The van der Waals surface area contributed by atoms with Crippen LogP contribution in [0.3, 0.4) is 0 Å². The van der Waals surface area contributed by atoms with Gasteiger partial charge in [-0.2, -0.15) is 0 Å². The van der Waals surface area contributed by atoms with Crippen molar-refractivity contribution in [2.45, 2.75) is 39.0 Å². The molecule has 1 N–H and O–H groups in total. The average Bonchev–Trinajstić information content (AvgIpc) is 2.62. The first-order valence-corrected chi connectivity index (χ1v) is 8.62. The third-order valence-electron chi connectivity index (χ3n) is 4.83. The van der Waals surface area contributed by atoms with E-state index in [2.05, 4.69) is 60.8 Å². The van der Waals surface area contributed by atoms with Crippen molar-refractivity contribution in [2.75, 3.05) is 5.32 Å². The summed E-state index contributed by atoms with van der Waals surface area (Å²) in [5.41, 5.74) is 7.65. The van der Waals surface area contributed by atoms with Gasteiger partial charge in [0.2, 0.25) is 0 Å². The zero-order valence-corrected chi connectivity index (χ0v) is 13.6. The van der Waals surface area contributed by atoms with Crippen LogP contribution in [0.25, 0.3) is 10.9 Å². The maximum absolute atomic E-state index is 4.92. The van der Waals surface area contributed by atoms with E-state index in [1.807, 2.05) is 0 Å². The van der Waals surface area contributed by atoms with Gasteiger partial charge in [0.1, 0.15) is 0 Å². The molecular weight excluding hydrogens is 280 g/mol. The maximum Gasteiger partial charge on any atom is 0.0726 e. The molecular formula is C21H22N2. The number of anilines is 2. The zero-order chi connectivity index (χ0) is 15.6. The van der Waals surface area contributed by atoms with Crippen LogP contribution in [-0.2, 0) is 19.3 Å². The van der Waals surface area contributed by atoms with Crippen LogP contribution >= 0.6 is 0 Å². The van der Waals surface area contributed by atoms with E-state index in [-0.39, 0.29) is 0 Å². The molecule has 0 radical (unpaired) electrons. The first-order valence-electron chi connectivity index (χ1n) is 8.62. The molecule has 3 aromatic rings. The van der Waals surface area contributed by atoms with Gasteiger partial charge in [-0.1, -0.05) is 43.3 Å². The summed E-state index contributed by atoms with van der Waals surface area (Å²) < 4.78 is 0. The van der Waals surface area contributed by atoms with Gasteiger partial charge >= 0.3 is 0 Å². The molecule has 0 saturated heterocycles. The number of para-hydroxylation sites is 2. The Kier molecular flexibility index (Phi) is 3.74. The lowest BCUT2D eigenvalue weighted by Gasteiger charge is -2.22. The average molecular weight is 302 g/mol. The van der Waals surface area contributed by atoms with Gasteiger partial charge in [0.25, 0.3) is 0 Å². The van der Waals surface area contributed by atoms with Gasteiger partial charge in [0.05, 0.1) is 11.2 Å². The Bertz CT molecular complexity index is 852. The minimum absolute atomic E-state index is 1.04. The number of aryl methyl sites for hydroxylation is 2. The highest BCUT2D eigenvalue weighted by Gasteiger charge is 2.18. The highest BCUT2D eigenvalue weighted by atomic mass is 14.9. The largest absolute Gasteiger partial charge is 0.354 e. The van der Waals surface area contributed by atoms with Gasteiger partial charge in [-0.15, -0.1) is 0 Å². The molecule has 116 valence electrons. The third kappa shape index (κ3) is 2.59. The Morgan fingerprint density at radius 1 is 0.957 bits per heavy atom. The molecule has 0 fully saturated rings. The fraction of sp³-hybridized carbons (Fsp3) is 0.286. The Morgan fingerprint density at radius 2 is 1.74 bits per heavy atom. The summed E-state index contributed by atoms with van der Waals surface area (Å²) in [6.45, 7) is 2.21. The second-order valence-corrected chi connectivity index (χ2v) is 6.27. The quantitative estimate of drug-likeness (QED) is 0.698. The van der Waals surface area contributed by atoms with Crippen molar-refractivity contribution >= 4 is 22.3 Å². The number of hydrogen-bond acceptors (Lipinski definition) is 2. The molecule has 0 spiro atoms. The van der Waals surface area contributed by atoms with Crippen LogP contribution < -0.4 is 5.32 Å².